The minimum absolute atomic E-state index is 0.0172. The number of nitrogens with one attached hydrogen (secondary N) is 1. The molecule has 1 aromatic heterocycles. The second-order valence-electron chi connectivity index (χ2n) is 5.03. The molecule has 0 bridgehead atoms. The highest BCUT2D eigenvalue weighted by molar-refractivity contribution is 7.18. The van der Waals surface area contributed by atoms with Gasteiger partial charge in [-0.15, -0.1) is 10.2 Å². The summed E-state index contributed by atoms with van der Waals surface area (Å²) < 4.78 is 0. The highest BCUT2D eigenvalue weighted by Gasteiger charge is 2.36. The van der Waals surface area contributed by atoms with E-state index in [0.29, 0.717) is 13.0 Å². The normalized spacial score (nSPS) is 21.5. The Balaban J connectivity index is 1.87. The van der Waals surface area contributed by atoms with E-state index in [-0.39, 0.29) is 18.0 Å². The Morgan fingerprint density at radius 3 is 2.86 bits per heavy atom. The van der Waals surface area contributed by atoms with Crippen LogP contribution in [-0.4, -0.2) is 41.8 Å². The zero-order chi connectivity index (χ0) is 14.8. The Labute approximate surface area is 127 Å². The van der Waals surface area contributed by atoms with Crippen LogP contribution in [0.1, 0.15) is 6.42 Å². The second kappa shape index (κ2) is 5.79. The van der Waals surface area contributed by atoms with Crippen LogP contribution in [0, 0.1) is 0 Å². The van der Waals surface area contributed by atoms with Crippen LogP contribution in [0.25, 0.3) is 10.6 Å². The van der Waals surface area contributed by atoms with Gasteiger partial charge in [0.05, 0.1) is 0 Å². The molecule has 3 rings (SSSR count). The van der Waals surface area contributed by atoms with Gasteiger partial charge < -0.3 is 16.0 Å². The number of hydrogen-bond acceptors (Lipinski definition) is 6. The smallest absolute Gasteiger partial charge is 0.242 e. The first kappa shape index (κ1) is 14.0. The van der Waals surface area contributed by atoms with Gasteiger partial charge >= 0.3 is 0 Å². The van der Waals surface area contributed by atoms with Crippen LogP contribution in [0.3, 0.4) is 0 Å². The van der Waals surface area contributed by atoms with E-state index >= 15 is 0 Å². The van der Waals surface area contributed by atoms with Crippen LogP contribution in [0.4, 0.5) is 5.13 Å². The molecule has 0 spiro atoms. The number of carbonyl (C=O) groups is 1. The van der Waals surface area contributed by atoms with Gasteiger partial charge in [0.2, 0.25) is 11.0 Å². The SMILES string of the molecule is CNC(=O)[C@@H]1C[C@@H](N)CN1c1nnc(-c2ccccc2)s1. The number of benzene rings is 1. The summed E-state index contributed by atoms with van der Waals surface area (Å²) >= 11 is 1.49. The maximum Gasteiger partial charge on any atom is 0.242 e. The van der Waals surface area contributed by atoms with Crippen LogP contribution in [0.2, 0.25) is 0 Å². The van der Waals surface area contributed by atoms with E-state index in [1.807, 2.05) is 35.2 Å². The third-order valence-electron chi connectivity index (χ3n) is 3.56. The summed E-state index contributed by atoms with van der Waals surface area (Å²) in [6, 6.07) is 9.61. The Morgan fingerprint density at radius 2 is 2.14 bits per heavy atom. The number of carbonyl (C=O) groups excluding carboxylic acids is 1. The molecule has 3 N–H and O–H groups in total. The Hall–Kier alpha value is -1.99. The lowest BCUT2D eigenvalue weighted by Gasteiger charge is -2.21. The second-order valence-corrected chi connectivity index (χ2v) is 5.99. The van der Waals surface area contributed by atoms with Gasteiger partial charge in [0, 0.05) is 25.2 Å². The molecule has 2 heterocycles. The number of nitrogens with two attached hydrogens (primary N) is 1. The maximum absolute atomic E-state index is 12.0. The summed E-state index contributed by atoms with van der Waals surface area (Å²) in [6.45, 7) is 0.626. The van der Waals surface area contributed by atoms with Gasteiger partial charge in [0.25, 0.3) is 0 Å². The third kappa shape index (κ3) is 2.74. The number of hydrogen-bond donors (Lipinski definition) is 2. The standard InChI is InChI=1S/C14H17N5OS/c1-16-12(20)11-7-10(15)8-19(11)14-18-17-13(21-14)9-5-3-2-4-6-9/h2-6,10-11H,7-8,15H2,1H3,(H,16,20)/t10-,11+/m1/s1. The largest absolute Gasteiger partial charge is 0.357 e. The molecule has 1 aliphatic heterocycles. The lowest BCUT2D eigenvalue weighted by molar-refractivity contribution is -0.121. The molecule has 0 radical (unpaired) electrons. The van der Waals surface area contributed by atoms with Crippen LogP contribution < -0.4 is 16.0 Å². The zero-order valence-corrected chi connectivity index (χ0v) is 12.5. The first-order valence-corrected chi connectivity index (χ1v) is 7.63. The first-order valence-electron chi connectivity index (χ1n) is 6.82. The van der Waals surface area contributed by atoms with Crippen molar-refractivity contribution in [3.8, 4) is 10.6 Å². The summed E-state index contributed by atoms with van der Waals surface area (Å²) in [5.74, 6) is -0.0283. The molecule has 6 nitrogen and oxygen atoms in total. The third-order valence-corrected chi connectivity index (χ3v) is 4.57. The number of anilines is 1. The van der Waals surface area contributed by atoms with E-state index in [4.69, 9.17) is 5.73 Å². The van der Waals surface area contributed by atoms with Crippen molar-refractivity contribution in [1.82, 2.24) is 15.5 Å². The van der Waals surface area contributed by atoms with Crippen LogP contribution >= 0.6 is 11.3 Å². The van der Waals surface area contributed by atoms with Crippen LogP contribution in [0.5, 0.6) is 0 Å². The summed E-state index contributed by atoms with van der Waals surface area (Å²) in [5.41, 5.74) is 7.03. The minimum Gasteiger partial charge on any atom is -0.357 e. The summed E-state index contributed by atoms with van der Waals surface area (Å²) in [6.07, 6.45) is 0.639. The molecule has 2 atom stereocenters. The van der Waals surface area contributed by atoms with Crippen molar-refractivity contribution in [2.24, 2.45) is 5.73 Å². The number of likely N-dealkylation sites (N-methyl/N-ethyl adjacent to an activating group) is 1. The van der Waals surface area contributed by atoms with Crippen molar-refractivity contribution >= 4 is 22.4 Å². The predicted octanol–water partition coefficient (Wildman–Crippen LogP) is 0.857. The Morgan fingerprint density at radius 1 is 1.38 bits per heavy atom. The van der Waals surface area contributed by atoms with E-state index < -0.39 is 0 Å². The van der Waals surface area contributed by atoms with Gasteiger partial charge in [-0.25, -0.2) is 0 Å². The van der Waals surface area contributed by atoms with Crippen molar-refractivity contribution in [1.29, 1.82) is 0 Å². The number of amides is 1. The molecule has 110 valence electrons. The summed E-state index contributed by atoms with van der Waals surface area (Å²) in [4.78, 5) is 13.9. The molecule has 0 unspecified atom stereocenters. The molecule has 7 heteroatoms. The first-order chi connectivity index (χ1) is 10.2. The summed E-state index contributed by atoms with van der Waals surface area (Å²) in [5, 5.41) is 12.7. The molecular weight excluding hydrogens is 286 g/mol. The Bertz CT molecular complexity index is 629. The number of nitrogens with zero attached hydrogens (tertiary/aromatic N) is 3. The van der Waals surface area contributed by atoms with Gasteiger partial charge in [0.1, 0.15) is 11.0 Å². The average molecular weight is 303 g/mol. The monoisotopic (exact) mass is 303 g/mol. The lowest BCUT2D eigenvalue weighted by atomic mass is 10.2. The lowest BCUT2D eigenvalue weighted by Crippen LogP contribution is -2.42. The van der Waals surface area contributed by atoms with Gasteiger partial charge in [-0.05, 0) is 6.42 Å². The number of rotatable bonds is 3. The molecule has 0 saturated carbocycles. The summed E-state index contributed by atoms with van der Waals surface area (Å²) in [7, 11) is 1.64. The minimum atomic E-state index is -0.262. The molecule has 1 saturated heterocycles. The molecule has 2 aromatic rings. The fourth-order valence-corrected chi connectivity index (χ4v) is 3.43. The predicted molar refractivity (Wildman–Crippen MR) is 83.1 cm³/mol. The van der Waals surface area contributed by atoms with Crippen LogP contribution in [-0.2, 0) is 4.79 Å². The van der Waals surface area contributed by atoms with Gasteiger partial charge in [0.15, 0.2) is 0 Å². The van der Waals surface area contributed by atoms with E-state index in [1.165, 1.54) is 11.3 Å². The maximum atomic E-state index is 12.0. The van der Waals surface area contributed by atoms with Crippen LogP contribution in [0.15, 0.2) is 30.3 Å². The number of aromatic nitrogens is 2. The molecule has 21 heavy (non-hydrogen) atoms. The zero-order valence-electron chi connectivity index (χ0n) is 11.7. The van der Waals surface area contributed by atoms with Crippen molar-refractivity contribution in [2.45, 2.75) is 18.5 Å². The van der Waals surface area contributed by atoms with Gasteiger partial charge in [-0.2, -0.15) is 0 Å². The van der Waals surface area contributed by atoms with Crippen molar-refractivity contribution in [3.05, 3.63) is 30.3 Å². The highest BCUT2D eigenvalue weighted by Crippen LogP contribution is 2.32. The highest BCUT2D eigenvalue weighted by atomic mass is 32.1. The van der Waals surface area contributed by atoms with E-state index in [1.54, 1.807) is 7.05 Å². The molecule has 1 fully saturated rings. The van der Waals surface area contributed by atoms with Gasteiger partial charge in [-0.1, -0.05) is 41.7 Å². The fourth-order valence-electron chi connectivity index (χ4n) is 2.52. The quantitative estimate of drug-likeness (QED) is 0.878. The van der Waals surface area contributed by atoms with Crippen molar-refractivity contribution < 1.29 is 4.79 Å². The van der Waals surface area contributed by atoms with E-state index in [2.05, 4.69) is 15.5 Å². The van der Waals surface area contributed by atoms with E-state index in [9.17, 15) is 4.79 Å². The Kier molecular flexibility index (Phi) is 3.85. The topological polar surface area (TPSA) is 84.1 Å². The average Bonchev–Trinajstić information content (AvgIpc) is 3.13. The van der Waals surface area contributed by atoms with Crippen molar-refractivity contribution in [2.75, 3.05) is 18.5 Å². The van der Waals surface area contributed by atoms with E-state index in [0.717, 1.165) is 15.7 Å². The van der Waals surface area contributed by atoms with Gasteiger partial charge in [-0.3, -0.25) is 4.79 Å². The molecule has 1 amide bonds. The van der Waals surface area contributed by atoms with Crippen molar-refractivity contribution in [3.63, 3.8) is 0 Å². The molecule has 1 aliphatic rings. The molecular formula is C14H17N5OS. The molecule has 0 aliphatic carbocycles. The fraction of sp³-hybridized carbons (Fsp3) is 0.357. The molecule has 1 aromatic carbocycles.